The molecule has 7 heteroatoms. The van der Waals surface area contributed by atoms with Crippen molar-refractivity contribution in [1.82, 2.24) is 0 Å². The summed E-state index contributed by atoms with van der Waals surface area (Å²) in [5.41, 5.74) is 4.31. The van der Waals surface area contributed by atoms with Gasteiger partial charge < -0.3 is 19.6 Å². The van der Waals surface area contributed by atoms with Crippen LogP contribution >= 0.6 is 0 Å². The van der Waals surface area contributed by atoms with Crippen molar-refractivity contribution in [3.05, 3.63) is 110 Å². The maximum atomic E-state index is 11.2. The van der Waals surface area contributed by atoms with Gasteiger partial charge in [0.25, 0.3) is 0 Å². The van der Waals surface area contributed by atoms with Crippen molar-refractivity contribution in [3.63, 3.8) is 0 Å². The maximum Gasteiger partial charge on any atom is 2.00 e. The molecule has 2 aromatic rings. The second-order valence-electron chi connectivity index (χ2n) is 5.80. The smallest absolute Gasteiger partial charge is 1.00 e. The zero-order valence-electron chi connectivity index (χ0n) is 19.0. The number of benzene rings is 2. The largest absolute Gasteiger partial charge is 2.00 e. The Balaban J connectivity index is -0.000000102. The summed E-state index contributed by atoms with van der Waals surface area (Å²) in [6.07, 6.45) is 9.50. The molecule has 1 aliphatic carbocycles. The van der Waals surface area contributed by atoms with Gasteiger partial charge in [0.05, 0.1) is 0 Å². The predicted molar refractivity (Wildman–Crippen MR) is 122 cm³/mol. The Hall–Kier alpha value is -2.11. The van der Waals surface area contributed by atoms with Crippen LogP contribution in [0.2, 0.25) is 0 Å². The van der Waals surface area contributed by atoms with Crippen LogP contribution in [0.3, 0.4) is 0 Å². The standard InChI is InChI=1S/C11H14O.C6H6.C5H6.2CH3.BF3.FH.Fe/c1-7-5-8(2)9(3)11(6-7)10(4)12;1-2-4-6-5-3-1;1-2-4-5-3-1;;;2-1(3)4;;/h5-6H,1-4H3;1-6H;1-4H,5H2;2*1H3;;1H;/q;;;2*-1;;;+2/p-1. The van der Waals surface area contributed by atoms with Crippen LogP contribution in [0.15, 0.2) is 72.8 Å². The Bertz CT molecular complexity index is 696. The first-order valence-electron chi connectivity index (χ1n) is 8.58. The number of carbonyl (C=O) groups is 1. The first-order chi connectivity index (χ1) is 12.8. The molecule has 1 aliphatic rings. The Morgan fingerprint density at radius 2 is 1.19 bits per heavy atom. The van der Waals surface area contributed by atoms with Crippen LogP contribution in [0.4, 0.5) is 12.9 Å². The zero-order valence-corrected chi connectivity index (χ0v) is 20.1. The van der Waals surface area contributed by atoms with E-state index in [1.807, 2.05) is 63.2 Å². The van der Waals surface area contributed by atoms with E-state index in [1.165, 1.54) is 5.56 Å². The van der Waals surface area contributed by atoms with Gasteiger partial charge >= 0.3 is 24.6 Å². The fourth-order valence-corrected chi connectivity index (χ4v) is 2.18. The first kappa shape index (κ1) is 39.4. The maximum absolute atomic E-state index is 11.2. The van der Waals surface area contributed by atoms with Gasteiger partial charge in [0.2, 0.25) is 0 Å². The fraction of sp³-hybridized carbons (Fsp3) is 0.208. The molecule has 0 spiro atoms. The summed E-state index contributed by atoms with van der Waals surface area (Å²) in [7, 11) is -3.67. The number of rotatable bonds is 1. The number of hydrogen-bond acceptors (Lipinski definition) is 1. The third-order valence-electron chi connectivity index (χ3n) is 3.51. The van der Waals surface area contributed by atoms with E-state index in [0.29, 0.717) is 0 Å². The van der Waals surface area contributed by atoms with E-state index < -0.39 is 7.54 Å². The molecule has 0 radical (unpaired) electrons. The molecule has 0 heterocycles. The van der Waals surface area contributed by atoms with E-state index in [2.05, 4.69) is 30.4 Å². The molecular formula is C24H32BF4FeO-. The third-order valence-corrected chi connectivity index (χ3v) is 3.51. The number of carbonyl (C=O) groups excluding carboxylic acids is 1. The van der Waals surface area contributed by atoms with Crippen molar-refractivity contribution in [2.24, 2.45) is 0 Å². The summed E-state index contributed by atoms with van der Waals surface area (Å²) in [4.78, 5) is 11.2. The average Bonchev–Trinajstić information content (AvgIpc) is 3.19. The molecule has 31 heavy (non-hydrogen) atoms. The summed E-state index contributed by atoms with van der Waals surface area (Å²) in [5, 5.41) is 0. The number of hydrogen-bond donors (Lipinski definition) is 0. The summed E-state index contributed by atoms with van der Waals surface area (Å²) < 4.78 is 29.0. The molecule has 0 N–H and O–H groups in total. The molecule has 0 aliphatic heterocycles. The van der Waals surface area contributed by atoms with Gasteiger partial charge in [0, 0.05) is 5.56 Å². The summed E-state index contributed by atoms with van der Waals surface area (Å²) in [6, 6.07) is 16.0. The van der Waals surface area contributed by atoms with Gasteiger partial charge in [-0.25, -0.2) is 0 Å². The summed E-state index contributed by atoms with van der Waals surface area (Å²) in [5.74, 6) is 0.152. The Kier molecular flexibility index (Phi) is 30.7. The second kappa shape index (κ2) is 24.2. The predicted octanol–water partition coefficient (Wildman–Crippen LogP) is 4.79. The molecule has 3 rings (SSSR count). The van der Waals surface area contributed by atoms with E-state index in [1.54, 1.807) is 6.92 Å². The quantitative estimate of drug-likeness (QED) is 0.249. The van der Waals surface area contributed by atoms with Gasteiger partial charge in [-0.2, -0.15) is 0 Å². The van der Waals surface area contributed by atoms with E-state index >= 15 is 0 Å². The molecule has 1 nitrogen and oxygen atoms in total. The van der Waals surface area contributed by atoms with Crippen LogP contribution in [0.25, 0.3) is 0 Å². The van der Waals surface area contributed by atoms with Gasteiger partial charge in [0.15, 0.2) is 5.78 Å². The number of aryl methyl sites for hydroxylation is 2. The van der Waals surface area contributed by atoms with Crippen molar-refractivity contribution < 1.29 is 39.5 Å². The Morgan fingerprint density at radius 3 is 1.45 bits per heavy atom. The molecule has 174 valence electrons. The van der Waals surface area contributed by atoms with Crippen molar-refractivity contribution in [1.29, 1.82) is 0 Å². The van der Waals surface area contributed by atoms with Crippen LogP contribution < -0.4 is 4.70 Å². The Labute approximate surface area is 196 Å². The van der Waals surface area contributed by atoms with Gasteiger partial charge in [-0.05, 0) is 51.3 Å². The molecule has 0 unspecified atom stereocenters. The number of allylic oxidation sites excluding steroid dienone is 4. The minimum absolute atomic E-state index is 0. The molecule has 0 saturated carbocycles. The van der Waals surface area contributed by atoms with E-state index in [9.17, 15) is 17.7 Å². The minimum Gasteiger partial charge on any atom is -1.00 e. The molecule has 0 atom stereocenters. The van der Waals surface area contributed by atoms with E-state index in [-0.39, 0.29) is 42.4 Å². The zero-order chi connectivity index (χ0) is 20.7. The second-order valence-corrected chi connectivity index (χ2v) is 5.80. The van der Waals surface area contributed by atoms with Crippen molar-refractivity contribution in [2.45, 2.75) is 34.1 Å². The third kappa shape index (κ3) is 22.4. The SMILES string of the molecule is C1=CCC=C1.CC(=O)c1cc(C)cc(C)c1C.FB(F)F.[CH3-].[CH3-].[F-].[Fe+2].c1ccccc1. The molecule has 0 saturated heterocycles. The summed E-state index contributed by atoms with van der Waals surface area (Å²) >= 11 is 0. The van der Waals surface area contributed by atoms with E-state index in [0.717, 1.165) is 23.1 Å². The van der Waals surface area contributed by atoms with Crippen LogP contribution in [-0.4, -0.2) is 13.3 Å². The van der Waals surface area contributed by atoms with Crippen LogP contribution in [0, 0.1) is 35.6 Å². The van der Waals surface area contributed by atoms with Gasteiger partial charge in [0.1, 0.15) is 0 Å². The number of ketones is 1. The van der Waals surface area contributed by atoms with Crippen LogP contribution in [0.5, 0.6) is 0 Å². The van der Waals surface area contributed by atoms with Crippen molar-refractivity contribution in [2.75, 3.05) is 0 Å². The Morgan fingerprint density at radius 1 is 0.839 bits per heavy atom. The molecular weight excluding hydrogens is 447 g/mol. The molecule has 2 aromatic carbocycles. The van der Waals surface area contributed by atoms with E-state index in [4.69, 9.17) is 0 Å². The number of halogens is 4. The summed E-state index contributed by atoms with van der Waals surface area (Å²) in [6.45, 7) is 7.65. The van der Waals surface area contributed by atoms with Gasteiger partial charge in [-0.15, -0.1) is 0 Å². The molecule has 0 amide bonds. The van der Waals surface area contributed by atoms with Crippen LogP contribution in [-0.2, 0) is 17.1 Å². The van der Waals surface area contributed by atoms with Crippen molar-refractivity contribution >= 4 is 13.3 Å². The number of Topliss-reactive ketones (excluding diaryl/α,β-unsaturated/α-hetero) is 1. The van der Waals surface area contributed by atoms with Gasteiger partial charge in [-0.3, -0.25) is 17.7 Å². The van der Waals surface area contributed by atoms with Crippen LogP contribution in [0.1, 0.15) is 40.4 Å². The average molecular weight is 479 g/mol. The fourth-order valence-electron chi connectivity index (χ4n) is 2.18. The molecule has 0 bridgehead atoms. The molecule has 0 aromatic heterocycles. The van der Waals surface area contributed by atoms with Gasteiger partial charge in [-0.1, -0.05) is 72.3 Å². The monoisotopic (exact) mass is 479 g/mol. The topological polar surface area (TPSA) is 17.1 Å². The minimum atomic E-state index is -3.67. The normalized spacial score (nSPS) is 9.13. The molecule has 0 fully saturated rings. The first-order valence-corrected chi connectivity index (χ1v) is 8.58. The van der Waals surface area contributed by atoms with Crippen molar-refractivity contribution in [3.8, 4) is 0 Å².